The minimum atomic E-state index is -0.358. The number of carbonyl (C=O) groups excluding carboxylic acids is 3. The van der Waals surface area contributed by atoms with Crippen LogP contribution in [-0.4, -0.2) is 66.8 Å². The van der Waals surface area contributed by atoms with Gasteiger partial charge in [0.1, 0.15) is 0 Å². The number of amides is 3. The molecule has 2 aliphatic heterocycles. The Kier molecular flexibility index (Phi) is 7.32. The molecular weight excluding hydrogens is 464 g/mol. The van der Waals surface area contributed by atoms with E-state index in [2.05, 4.69) is 46.3 Å². The van der Waals surface area contributed by atoms with Crippen molar-refractivity contribution in [2.45, 2.75) is 19.9 Å². The molecule has 3 aromatic rings. The number of hydrogen-bond donors (Lipinski definition) is 1. The Hall–Kier alpha value is -3.97. The summed E-state index contributed by atoms with van der Waals surface area (Å²) in [5.74, 6) is -0.907. The van der Waals surface area contributed by atoms with Gasteiger partial charge in [0.05, 0.1) is 17.7 Å². The molecule has 1 fully saturated rings. The monoisotopic (exact) mass is 496 g/mol. The minimum absolute atomic E-state index is 0.216. The first kappa shape index (κ1) is 24.7. The lowest BCUT2D eigenvalue weighted by molar-refractivity contribution is 0.0642. The smallest absolute Gasteiger partial charge is 0.261 e. The van der Waals surface area contributed by atoms with Crippen LogP contribution >= 0.6 is 0 Å². The number of imide groups is 1. The van der Waals surface area contributed by atoms with Gasteiger partial charge in [-0.05, 0) is 61.3 Å². The van der Waals surface area contributed by atoms with Crippen LogP contribution in [0.3, 0.4) is 0 Å². The van der Waals surface area contributed by atoms with E-state index in [9.17, 15) is 14.4 Å². The number of fused-ring (bicyclic) bond motifs is 1. The summed E-state index contributed by atoms with van der Waals surface area (Å²) in [4.78, 5) is 44.5. The van der Waals surface area contributed by atoms with Crippen molar-refractivity contribution in [1.29, 1.82) is 0 Å². The number of piperazine rings is 1. The second-order valence-corrected chi connectivity index (χ2v) is 9.72. The van der Waals surface area contributed by atoms with E-state index < -0.39 is 0 Å². The van der Waals surface area contributed by atoms with Crippen LogP contribution in [0.2, 0.25) is 0 Å². The third-order valence-corrected chi connectivity index (χ3v) is 7.09. The fourth-order valence-corrected chi connectivity index (χ4v) is 5.00. The van der Waals surface area contributed by atoms with Gasteiger partial charge >= 0.3 is 0 Å². The van der Waals surface area contributed by atoms with Gasteiger partial charge in [-0.25, -0.2) is 0 Å². The average Bonchev–Trinajstić information content (AvgIpc) is 3.16. The van der Waals surface area contributed by atoms with Gasteiger partial charge < -0.3 is 10.2 Å². The number of benzene rings is 3. The number of hydrogen-bond acceptors (Lipinski definition) is 5. The summed E-state index contributed by atoms with van der Waals surface area (Å²) in [7, 11) is 0. The van der Waals surface area contributed by atoms with E-state index in [0.717, 1.165) is 44.7 Å². The van der Waals surface area contributed by atoms with E-state index in [1.165, 1.54) is 16.2 Å². The Morgan fingerprint density at radius 2 is 1.59 bits per heavy atom. The van der Waals surface area contributed by atoms with E-state index in [0.29, 0.717) is 23.2 Å². The Morgan fingerprint density at radius 3 is 2.35 bits per heavy atom. The molecule has 1 N–H and O–H groups in total. The third-order valence-electron chi connectivity index (χ3n) is 7.09. The summed E-state index contributed by atoms with van der Waals surface area (Å²) >= 11 is 0. The van der Waals surface area contributed by atoms with Crippen molar-refractivity contribution in [2.75, 3.05) is 44.2 Å². The standard InChI is InChI=1S/C30H32N4O3/c1-22-7-5-10-25(19-22)33-17-15-32(16-18-33)14-6-13-31-28(35)24-11-12-26-27(20-24)30(37)34(29(26)36)21-23-8-3-2-4-9-23/h2-5,7-12,19-20H,6,13-18,21H2,1H3,(H,31,35). The molecule has 0 bridgehead atoms. The lowest BCUT2D eigenvalue weighted by Crippen LogP contribution is -2.47. The fourth-order valence-electron chi connectivity index (χ4n) is 5.00. The van der Waals surface area contributed by atoms with Crippen molar-refractivity contribution in [3.05, 3.63) is 101 Å². The Morgan fingerprint density at radius 1 is 0.838 bits per heavy atom. The number of anilines is 1. The maximum absolute atomic E-state index is 12.9. The fraction of sp³-hybridized carbons (Fsp3) is 0.300. The van der Waals surface area contributed by atoms with Crippen molar-refractivity contribution < 1.29 is 14.4 Å². The van der Waals surface area contributed by atoms with Crippen LogP contribution in [0, 0.1) is 6.92 Å². The number of nitrogens with zero attached hydrogens (tertiary/aromatic N) is 3. The zero-order valence-electron chi connectivity index (χ0n) is 21.2. The van der Waals surface area contributed by atoms with Crippen LogP contribution in [0.4, 0.5) is 5.69 Å². The molecule has 37 heavy (non-hydrogen) atoms. The van der Waals surface area contributed by atoms with Crippen LogP contribution in [0.5, 0.6) is 0 Å². The molecule has 3 aromatic carbocycles. The maximum atomic E-state index is 12.9. The van der Waals surface area contributed by atoms with Gasteiger partial charge in [0.25, 0.3) is 17.7 Å². The van der Waals surface area contributed by atoms with Gasteiger partial charge in [0.2, 0.25) is 0 Å². The SMILES string of the molecule is Cc1cccc(N2CCN(CCCNC(=O)c3ccc4c(c3)C(=O)N(Cc3ccccc3)C4=O)CC2)c1. The summed E-state index contributed by atoms with van der Waals surface area (Å²) in [6.45, 7) is 7.82. The predicted octanol–water partition coefficient (Wildman–Crippen LogP) is 3.73. The maximum Gasteiger partial charge on any atom is 0.261 e. The number of rotatable bonds is 8. The molecule has 0 saturated carbocycles. The van der Waals surface area contributed by atoms with Crippen LogP contribution in [0.15, 0.2) is 72.8 Å². The van der Waals surface area contributed by atoms with Gasteiger partial charge in [0.15, 0.2) is 0 Å². The molecule has 0 unspecified atom stereocenters. The van der Waals surface area contributed by atoms with Crippen LogP contribution in [0.25, 0.3) is 0 Å². The van der Waals surface area contributed by atoms with E-state index >= 15 is 0 Å². The number of carbonyl (C=O) groups is 3. The quantitative estimate of drug-likeness (QED) is 0.380. The molecule has 2 aliphatic rings. The molecule has 5 rings (SSSR count). The highest BCUT2D eigenvalue weighted by molar-refractivity contribution is 6.22. The first-order chi connectivity index (χ1) is 18.0. The van der Waals surface area contributed by atoms with E-state index in [1.807, 2.05) is 30.3 Å². The summed E-state index contributed by atoms with van der Waals surface area (Å²) in [6, 6.07) is 22.8. The highest BCUT2D eigenvalue weighted by atomic mass is 16.2. The molecule has 0 radical (unpaired) electrons. The van der Waals surface area contributed by atoms with E-state index in [-0.39, 0.29) is 24.3 Å². The molecule has 190 valence electrons. The molecule has 7 heteroatoms. The van der Waals surface area contributed by atoms with Crippen molar-refractivity contribution in [2.24, 2.45) is 0 Å². The summed E-state index contributed by atoms with van der Waals surface area (Å²) in [5, 5.41) is 2.96. The van der Waals surface area contributed by atoms with Crippen LogP contribution in [-0.2, 0) is 6.54 Å². The van der Waals surface area contributed by atoms with E-state index in [4.69, 9.17) is 0 Å². The second kappa shape index (κ2) is 11.0. The van der Waals surface area contributed by atoms with Crippen molar-refractivity contribution in [3.63, 3.8) is 0 Å². The summed E-state index contributed by atoms with van der Waals surface area (Å²) < 4.78 is 0. The summed E-state index contributed by atoms with van der Waals surface area (Å²) in [6.07, 6.45) is 0.851. The lowest BCUT2D eigenvalue weighted by atomic mass is 10.1. The Balaban J connectivity index is 1.09. The van der Waals surface area contributed by atoms with Gasteiger partial charge in [-0.15, -0.1) is 0 Å². The first-order valence-corrected chi connectivity index (χ1v) is 12.9. The molecule has 7 nitrogen and oxygen atoms in total. The predicted molar refractivity (Wildman–Crippen MR) is 144 cm³/mol. The molecule has 0 aromatic heterocycles. The third kappa shape index (κ3) is 5.57. The molecule has 2 heterocycles. The zero-order valence-corrected chi connectivity index (χ0v) is 21.2. The molecule has 1 saturated heterocycles. The zero-order chi connectivity index (χ0) is 25.8. The van der Waals surface area contributed by atoms with Crippen molar-refractivity contribution in [3.8, 4) is 0 Å². The second-order valence-electron chi connectivity index (χ2n) is 9.72. The molecule has 0 spiro atoms. The first-order valence-electron chi connectivity index (χ1n) is 12.9. The number of nitrogens with one attached hydrogen (secondary N) is 1. The van der Waals surface area contributed by atoms with E-state index in [1.54, 1.807) is 18.2 Å². The van der Waals surface area contributed by atoms with Gasteiger partial charge in [-0.2, -0.15) is 0 Å². The van der Waals surface area contributed by atoms with Crippen LogP contribution < -0.4 is 10.2 Å². The van der Waals surface area contributed by atoms with Gasteiger partial charge in [0, 0.05) is 44.0 Å². The molecule has 0 aliphatic carbocycles. The van der Waals surface area contributed by atoms with Crippen molar-refractivity contribution >= 4 is 23.4 Å². The average molecular weight is 497 g/mol. The highest BCUT2D eigenvalue weighted by Gasteiger charge is 2.36. The topological polar surface area (TPSA) is 73.0 Å². The summed E-state index contributed by atoms with van der Waals surface area (Å²) in [5.41, 5.74) is 4.48. The van der Waals surface area contributed by atoms with Crippen molar-refractivity contribution in [1.82, 2.24) is 15.1 Å². The lowest BCUT2D eigenvalue weighted by Gasteiger charge is -2.36. The Labute approximate surface area is 217 Å². The highest BCUT2D eigenvalue weighted by Crippen LogP contribution is 2.26. The van der Waals surface area contributed by atoms with Gasteiger partial charge in [-0.1, -0.05) is 42.5 Å². The van der Waals surface area contributed by atoms with Gasteiger partial charge in [-0.3, -0.25) is 24.2 Å². The number of aryl methyl sites for hydroxylation is 1. The molecular formula is C30H32N4O3. The molecule has 3 amide bonds. The Bertz CT molecular complexity index is 1300. The molecule has 0 atom stereocenters. The largest absolute Gasteiger partial charge is 0.369 e. The minimum Gasteiger partial charge on any atom is -0.369 e. The van der Waals surface area contributed by atoms with Crippen LogP contribution in [0.1, 0.15) is 48.6 Å². The normalized spacial score (nSPS) is 15.7.